The van der Waals surface area contributed by atoms with Crippen LogP contribution in [0.2, 0.25) is 0 Å². The zero-order valence-electron chi connectivity index (χ0n) is 7.50. The van der Waals surface area contributed by atoms with Gasteiger partial charge in [-0.3, -0.25) is 0 Å². The topological polar surface area (TPSA) is 56.2 Å². The number of rotatable bonds is 0. The minimum atomic E-state index is -0.498. The Bertz CT molecular complexity index is 560. The standard InChI is InChI=1S/C10H8BrNO2/c1-5-2-6-4-8(12)10(13)14-9(6)7(11)3-5/h2-4H,12H2,1H3. The molecule has 0 aliphatic rings. The molecular weight excluding hydrogens is 246 g/mol. The summed E-state index contributed by atoms with van der Waals surface area (Å²) >= 11 is 3.33. The SMILES string of the molecule is Cc1cc(Br)c2oc(=O)c(N)cc2c1. The summed E-state index contributed by atoms with van der Waals surface area (Å²) in [6.45, 7) is 1.96. The van der Waals surface area contributed by atoms with Gasteiger partial charge in [0.1, 0.15) is 5.69 Å². The largest absolute Gasteiger partial charge is 0.420 e. The van der Waals surface area contributed by atoms with E-state index in [4.69, 9.17) is 10.2 Å². The minimum absolute atomic E-state index is 0.134. The van der Waals surface area contributed by atoms with Gasteiger partial charge in [0.05, 0.1) is 4.47 Å². The molecule has 0 fully saturated rings. The summed E-state index contributed by atoms with van der Waals surface area (Å²) in [7, 11) is 0. The van der Waals surface area contributed by atoms with Crippen LogP contribution in [0.15, 0.2) is 31.9 Å². The van der Waals surface area contributed by atoms with Crippen molar-refractivity contribution in [2.45, 2.75) is 6.92 Å². The highest BCUT2D eigenvalue weighted by molar-refractivity contribution is 9.10. The molecule has 0 radical (unpaired) electrons. The average molecular weight is 254 g/mol. The van der Waals surface area contributed by atoms with Gasteiger partial charge in [0.15, 0.2) is 5.58 Å². The van der Waals surface area contributed by atoms with E-state index in [1.807, 2.05) is 19.1 Å². The van der Waals surface area contributed by atoms with Gasteiger partial charge in [-0.2, -0.15) is 0 Å². The molecule has 0 aliphatic carbocycles. The summed E-state index contributed by atoms with van der Waals surface area (Å²) in [5, 5.41) is 0.828. The van der Waals surface area contributed by atoms with Crippen molar-refractivity contribution in [1.82, 2.24) is 0 Å². The van der Waals surface area contributed by atoms with E-state index in [1.165, 1.54) is 0 Å². The Kier molecular flexibility index (Phi) is 2.07. The van der Waals surface area contributed by atoms with E-state index in [1.54, 1.807) is 6.07 Å². The van der Waals surface area contributed by atoms with Gasteiger partial charge >= 0.3 is 5.63 Å². The monoisotopic (exact) mass is 253 g/mol. The molecule has 1 aromatic carbocycles. The van der Waals surface area contributed by atoms with Crippen LogP contribution in [0, 0.1) is 6.92 Å². The first kappa shape index (κ1) is 9.27. The molecule has 0 bridgehead atoms. The summed E-state index contributed by atoms with van der Waals surface area (Å²) < 4.78 is 5.82. The first-order chi connectivity index (χ1) is 6.58. The van der Waals surface area contributed by atoms with Gasteiger partial charge in [0.2, 0.25) is 0 Å². The van der Waals surface area contributed by atoms with Crippen molar-refractivity contribution in [3.05, 3.63) is 38.7 Å². The van der Waals surface area contributed by atoms with Crippen molar-refractivity contribution in [3.63, 3.8) is 0 Å². The Morgan fingerprint density at radius 2 is 2.07 bits per heavy atom. The highest BCUT2D eigenvalue weighted by Crippen LogP contribution is 2.25. The van der Waals surface area contributed by atoms with E-state index in [0.717, 1.165) is 15.4 Å². The van der Waals surface area contributed by atoms with E-state index < -0.39 is 5.63 Å². The first-order valence-electron chi connectivity index (χ1n) is 4.07. The lowest BCUT2D eigenvalue weighted by Gasteiger charge is -2.01. The van der Waals surface area contributed by atoms with Gasteiger partial charge in [-0.15, -0.1) is 0 Å². The molecule has 72 valence electrons. The van der Waals surface area contributed by atoms with Crippen molar-refractivity contribution in [1.29, 1.82) is 0 Å². The highest BCUT2D eigenvalue weighted by Gasteiger charge is 2.05. The molecular formula is C10H8BrNO2. The van der Waals surface area contributed by atoms with E-state index in [9.17, 15) is 4.79 Å². The van der Waals surface area contributed by atoms with E-state index >= 15 is 0 Å². The minimum Gasteiger partial charge on any atom is -0.420 e. The summed E-state index contributed by atoms with van der Waals surface area (Å²) in [4.78, 5) is 11.2. The number of nitrogen functional groups attached to an aromatic ring is 1. The van der Waals surface area contributed by atoms with E-state index in [-0.39, 0.29) is 5.69 Å². The van der Waals surface area contributed by atoms with Crippen LogP contribution in [-0.2, 0) is 0 Å². The fourth-order valence-electron chi connectivity index (χ4n) is 1.35. The summed E-state index contributed by atoms with van der Waals surface area (Å²) in [5.41, 5.74) is 6.72. The van der Waals surface area contributed by atoms with Crippen LogP contribution in [-0.4, -0.2) is 0 Å². The van der Waals surface area contributed by atoms with E-state index in [0.29, 0.717) is 5.58 Å². The van der Waals surface area contributed by atoms with Gasteiger partial charge in [-0.05, 0) is 46.6 Å². The molecule has 0 aliphatic heterocycles. The van der Waals surface area contributed by atoms with Gasteiger partial charge in [0, 0.05) is 5.39 Å². The number of hydrogen-bond acceptors (Lipinski definition) is 3. The molecule has 0 unspecified atom stereocenters. The van der Waals surface area contributed by atoms with E-state index in [2.05, 4.69) is 15.9 Å². The first-order valence-corrected chi connectivity index (χ1v) is 4.87. The number of hydrogen-bond donors (Lipinski definition) is 1. The van der Waals surface area contributed by atoms with Crippen molar-refractivity contribution in [3.8, 4) is 0 Å². The number of fused-ring (bicyclic) bond motifs is 1. The third kappa shape index (κ3) is 1.42. The molecule has 3 nitrogen and oxygen atoms in total. The third-order valence-electron chi connectivity index (χ3n) is 1.96. The molecule has 2 aromatic rings. The van der Waals surface area contributed by atoms with Crippen LogP contribution >= 0.6 is 15.9 Å². The predicted molar refractivity (Wildman–Crippen MR) is 59.3 cm³/mol. The molecule has 0 spiro atoms. The Balaban J connectivity index is 2.96. The summed E-state index contributed by atoms with van der Waals surface area (Å²) in [6, 6.07) is 5.43. The third-order valence-corrected chi connectivity index (χ3v) is 2.55. The number of benzene rings is 1. The zero-order valence-corrected chi connectivity index (χ0v) is 9.09. The molecule has 2 N–H and O–H groups in total. The molecule has 1 aromatic heterocycles. The fraction of sp³-hybridized carbons (Fsp3) is 0.100. The Morgan fingerprint density at radius 1 is 1.36 bits per heavy atom. The lowest BCUT2D eigenvalue weighted by atomic mass is 10.1. The van der Waals surface area contributed by atoms with Crippen LogP contribution in [0.25, 0.3) is 11.0 Å². The molecule has 0 atom stereocenters. The van der Waals surface area contributed by atoms with Gasteiger partial charge in [0.25, 0.3) is 0 Å². The molecule has 4 heteroatoms. The molecule has 2 rings (SSSR count). The number of anilines is 1. The van der Waals surface area contributed by atoms with Crippen LogP contribution in [0.4, 0.5) is 5.69 Å². The fourth-order valence-corrected chi connectivity index (χ4v) is 2.02. The Labute approximate surface area is 88.7 Å². The van der Waals surface area contributed by atoms with Gasteiger partial charge < -0.3 is 10.2 Å². The predicted octanol–water partition coefficient (Wildman–Crippen LogP) is 2.45. The van der Waals surface area contributed by atoms with Crippen LogP contribution < -0.4 is 11.4 Å². The number of aryl methyl sites for hydroxylation is 1. The van der Waals surface area contributed by atoms with Crippen molar-refractivity contribution in [2.75, 3.05) is 5.73 Å². The smallest absolute Gasteiger partial charge is 0.359 e. The molecule has 14 heavy (non-hydrogen) atoms. The van der Waals surface area contributed by atoms with Crippen LogP contribution in [0.5, 0.6) is 0 Å². The molecule has 0 amide bonds. The lowest BCUT2D eigenvalue weighted by Crippen LogP contribution is -2.05. The number of halogens is 1. The zero-order chi connectivity index (χ0) is 10.3. The average Bonchev–Trinajstić information content (AvgIpc) is 2.08. The van der Waals surface area contributed by atoms with Gasteiger partial charge in [-0.25, -0.2) is 4.79 Å². The van der Waals surface area contributed by atoms with Crippen molar-refractivity contribution in [2.24, 2.45) is 0 Å². The second kappa shape index (κ2) is 3.13. The Morgan fingerprint density at radius 3 is 2.79 bits per heavy atom. The highest BCUT2D eigenvalue weighted by atomic mass is 79.9. The maximum absolute atomic E-state index is 11.2. The van der Waals surface area contributed by atoms with Crippen LogP contribution in [0.1, 0.15) is 5.56 Å². The normalized spacial score (nSPS) is 10.7. The molecule has 0 saturated heterocycles. The second-order valence-corrected chi connectivity index (χ2v) is 4.01. The molecule has 0 saturated carbocycles. The second-order valence-electron chi connectivity index (χ2n) is 3.15. The maximum atomic E-state index is 11.2. The lowest BCUT2D eigenvalue weighted by molar-refractivity contribution is 0.562. The maximum Gasteiger partial charge on any atom is 0.359 e. The summed E-state index contributed by atoms with van der Waals surface area (Å²) in [6.07, 6.45) is 0. The quantitative estimate of drug-likeness (QED) is 0.734. The van der Waals surface area contributed by atoms with Crippen molar-refractivity contribution < 1.29 is 4.42 Å². The number of nitrogens with two attached hydrogens (primary N) is 1. The van der Waals surface area contributed by atoms with Crippen molar-refractivity contribution >= 4 is 32.6 Å². The van der Waals surface area contributed by atoms with Gasteiger partial charge in [-0.1, -0.05) is 0 Å². The molecule has 1 heterocycles. The Hall–Kier alpha value is -1.29. The van der Waals surface area contributed by atoms with Crippen LogP contribution in [0.3, 0.4) is 0 Å². The summed E-state index contributed by atoms with van der Waals surface area (Å²) in [5.74, 6) is 0.